The Kier molecular flexibility index (Phi) is 7.76. The van der Waals surface area contributed by atoms with Crippen molar-refractivity contribution in [3.63, 3.8) is 0 Å². The maximum absolute atomic E-state index is 7.29. The molecule has 2 atom stereocenters. The third kappa shape index (κ3) is 5.36. The lowest BCUT2D eigenvalue weighted by Crippen LogP contribution is -2.59. The lowest BCUT2D eigenvalue weighted by Gasteiger charge is -2.42. The lowest BCUT2D eigenvalue weighted by molar-refractivity contribution is 0.379. The van der Waals surface area contributed by atoms with Gasteiger partial charge in [0.25, 0.3) is 6.71 Å². The van der Waals surface area contributed by atoms with E-state index in [4.69, 9.17) is 9.15 Å². The Morgan fingerprint density at radius 2 is 1.39 bits per heavy atom. The monoisotopic (exact) mass is 738 g/mol. The SMILES string of the molecule is CCC1=CC(C)(c2cc3c4c(c2)N(c2ccccc2)c2ccccc2B4c2ccc4c(oc5cc(N(c6ccccc6)c6ccccc6)ccc54)c2O3)CC(C)C1. The van der Waals surface area contributed by atoms with Crippen LogP contribution in [0.4, 0.5) is 34.1 Å². The second-order valence-electron chi connectivity index (χ2n) is 16.4. The van der Waals surface area contributed by atoms with Crippen molar-refractivity contribution < 1.29 is 9.15 Å². The maximum atomic E-state index is 7.29. The number of hydrogen-bond donors (Lipinski definition) is 0. The molecule has 0 radical (unpaired) electrons. The molecule has 4 nitrogen and oxygen atoms in total. The molecule has 0 N–H and O–H groups in total. The summed E-state index contributed by atoms with van der Waals surface area (Å²) in [6.07, 6.45) is 5.89. The number of para-hydroxylation sites is 4. The molecule has 2 unspecified atom stereocenters. The molecule has 3 heterocycles. The summed E-state index contributed by atoms with van der Waals surface area (Å²) in [5, 5.41) is 2.13. The van der Waals surface area contributed by atoms with Crippen molar-refractivity contribution in [2.75, 3.05) is 9.80 Å². The van der Waals surface area contributed by atoms with Crippen LogP contribution in [0.3, 0.4) is 0 Å². The minimum Gasteiger partial charge on any atom is -0.454 e. The van der Waals surface area contributed by atoms with E-state index in [0.717, 1.165) is 74.5 Å². The summed E-state index contributed by atoms with van der Waals surface area (Å²) >= 11 is 0. The normalized spacial score (nSPS) is 18.1. The van der Waals surface area contributed by atoms with E-state index in [1.54, 1.807) is 5.57 Å². The van der Waals surface area contributed by atoms with Crippen LogP contribution >= 0.6 is 0 Å². The molecule has 57 heavy (non-hydrogen) atoms. The zero-order valence-corrected chi connectivity index (χ0v) is 32.6. The molecule has 7 aromatic carbocycles. The number of rotatable bonds is 6. The van der Waals surface area contributed by atoms with Gasteiger partial charge in [0.15, 0.2) is 11.3 Å². The first-order chi connectivity index (χ1) is 28.0. The molecular formula is C52H43BN2O2. The summed E-state index contributed by atoms with van der Waals surface area (Å²) in [4.78, 5) is 4.73. The number of benzene rings is 7. The Balaban J connectivity index is 1.13. The molecule has 0 saturated carbocycles. The third-order valence-corrected chi connectivity index (χ3v) is 12.6. The van der Waals surface area contributed by atoms with E-state index in [0.29, 0.717) is 5.92 Å². The van der Waals surface area contributed by atoms with Crippen molar-refractivity contribution in [2.24, 2.45) is 5.92 Å². The molecule has 1 aliphatic carbocycles. The largest absolute Gasteiger partial charge is 0.454 e. The minimum absolute atomic E-state index is 0.0244. The molecule has 1 aromatic heterocycles. The van der Waals surface area contributed by atoms with Gasteiger partial charge in [-0.15, -0.1) is 0 Å². The van der Waals surface area contributed by atoms with Crippen LogP contribution in [-0.4, -0.2) is 6.71 Å². The van der Waals surface area contributed by atoms with Gasteiger partial charge in [0.2, 0.25) is 0 Å². The third-order valence-electron chi connectivity index (χ3n) is 12.6. The molecule has 8 aromatic rings. The van der Waals surface area contributed by atoms with Gasteiger partial charge >= 0.3 is 0 Å². The van der Waals surface area contributed by atoms with Crippen LogP contribution in [0.15, 0.2) is 174 Å². The smallest absolute Gasteiger partial charge is 0.256 e. The molecule has 0 saturated heterocycles. The van der Waals surface area contributed by atoms with Crippen LogP contribution in [0.1, 0.15) is 45.6 Å². The molecule has 276 valence electrons. The number of furan rings is 1. The van der Waals surface area contributed by atoms with Gasteiger partial charge in [-0.2, -0.15) is 0 Å². The predicted octanol–water partition coefficient (Wildman–Crippen LogP) is 12.5. The zero-order valence-electron chi connectivity index (χ0n) is 32.6. The number of hydrogen-bond acceptors (Lipinski definition) is 4. The van der Waals surface area contributed by atoms with Crippen molar-refractivity contribution in [1.29, 1.82) is 0 Å². The highest BCUT2D eigenvalue weighted by atomic mass is 16.5. The maximum Gasteiger partial charge on any atom is 0.256 e. The fourth-order valence-electron chi connectivity index (χ4n) is 10.2. The molecule has 0 bridgehead atoms. The van der Waals surface area contributed by atoms with E-state index < -0.39 is 0 Å². The van der Waals surface area contributed by atoms with Crippen LogP contribution in [-0.2, 0) is 5.41 Å². The number of nitrogens with zero attached hydrogens (tertiary/aromatic N) is 2. The van der Waals surface area contributed by atoms with Gasteiger partial charge in [-0.1, -0.05) is 117 Å². The summed E-state index contributed by atoms with van der Waals surface area (Å²) in [6, 6.07) is 56.7. The fourth-order valence-corrected chi connectivity index (χ4v) is 10.2. The number of allylic oxidation sites excluding steroid dienone is 2. The Labute approximate surface area is 334 Å². The quantitative estimate of drug-likeness (QED) is 0.125. The second-order valence-corrected chi connectivity index (χ2v) is 16.4. The van der Waals surface area contributed by atoms with Gasteiger partial charge in [0.05, 0.1) is 0 Å². The molecule has 5 heteroatoms. The van der Waals surface area contributed by atoms with E-state index in [1.807, 2.05) is 0 Å². The van der Waals surface area contributed by atoms with E-state index in [9.17, 15) is 0 Å². The van der Waals surface area contributed by atoms with Crippen LogP contribution in [0.25, 0.3) is 21.9 Å². The number of anilines is 6. The summed E-state index contributed by atoms with van der Waals surface area (Å²) in [5.41, 5.74) is 14.7. The Bertz CT molecular complexity index is 2830. The first-order valence-electron chi connectivity index (χ1n) is 20.4. The Morgan fingerprint density at radius 1 is 0.702 bits per heavy atom. The van der Waals surface area contributed by atoms with Gasteiger partial charge in [-0.05, 0) is 114 Å². The topological polar surface area (TPSA) is 28.9 Å². The lowest BCUT2D eigenvalue weighted by atomic mass is 9.34. The Morgan fingerprint density at radius 3 is 2.12 bits per heavy atom. The van der Waals surface area contributed by atoms with E-state index >= 15 is 0 Å². The molecule has 0 fully saturated rings. The minimum atomic E-state index is -0.127. The summed E-state index contributed by atoms with van der Waals surface area (Å²) < 4.78 is 14.3. The molecule has 3 aliphatic rings. The van der Waals surface area contributed by atoms with Crippen LogP contribution in [0, 0.1) is 5.92 Å². The van der Waals surface area contributed by atoms with Crippen molar-refractivity contribution in [2.45, 2.75) is 45.4 Å². The molecule has 0 amide bonds. The molecule has 2 aliphatic heterocycles. The van der Waals surface area contributed by atoms with Crippen molar-refractivity contribution in [1.82, 2.24) is 0 Å². The zero-order chi connectivity index (χ0) is 38.3. The first kappa shape index (κ1) is 33.8. The van der Waals surface area contributed by atoms with Gasteiger partial charge in [-0.3, -0.25) is 0 Å². The molecular weight excluding hydrogens is 695 g/mol. The fraction of sp³-hybridized carbons (Fsp3) is 0.154. The van der Waals surface area contributed by atoms with E-state index in [-0.39, 0.29) is 12.1 Å². The standard InChI is InChI=1S/C52H43BN2O2/c1-4-35-28-34(2)32-52(3,33-35)36-29-46-49-48(30-36)57-51-44(53(49)43-22-14-15-23-45(43)55(46)39-20-12-7-13-21-39)27-26-42-41-25-24-40(31-47(41)56-50(42)51)54(37-16-8-5-9-17-37)38-18-10-6-11-19-38/h5-27,29-31,33-34H,4,28,32H2,1-3H3. The van der Waals surface area contributed by atoms with Gasteiger partial charge in [0, 0.05) is 56.4 Å². The van der Waals surface area contributed by atoms with Crippen LogP contribution in [0.2, 0.25) is 0 Å². The van der Waals surface area contributed by atoms with Crippen molar-refractivity contribution in [3.8, 4) is 11.5 Å². The summed E-state index contributed by atoms with van der Waals surface area (Å²) in [5.74, 6) is 2.32. The predicted molar refractivity (Wildman–Crippen MR) is 238 cm³/mol. The van der Waals surface area contributed by atoms with E-state index in [1.165, 1.54) is 34.3 Å². The van der Waals surface area contributed by atoms with Crippen molar-refractivity contribution >= 4 is 79.2 Å². The van der Waals surface area contributed by atoms with Gasteiger partial charge < -0.3 is 19.0 Å². The van der Waals surface area contributed by atoms with Gasteiger partial charge in [-0.25, -0.2) is 0 Å². The molecule has 11 rings (SSSR count). The second kappa shape index (κ2) is 13.1. The Hall–Kier alpha value is -6.46. The highest BCUT2D eigenvalue weighted by Gasteiger charge is 2.44. The summed E-state index contributed by atoms with van der Waals surface area (Å²) in [7, 11) is 0. The van der Waals surface area contributed by atoms with E-state index in [2.05, 4.69) is 194 Å². The van der Waals surface area contributed by atoms with Crippen molar-refractivity contribution in [3.05, 3.63) is 175 Å². The summed E-state index contributed by atoms with van der Waals surface area (Å²) in [6.45, 7) is 7.10. The van der Waals surface area contributed by atoms with Gasteiger partial charge in [0.1, 0.15) is 11.3 Å². The number of fused-ring (bicyclic) bond motifs is 8. The average Bonchev–Trinajstić information content (AvgIpc) is 3.63. The first-order valence-corrected chi connectivity index (χ1v) is 20.4. The van der Waals surface area contributed by atoms with Crippen LogP contribution in [0.5, 0.6) is 11.5 Å². The molecule has 0 spiro atoms. The highest BCUT2D eigenvalue weighted by Crippen LogP contribution is 2.48. The highest BCUT2D eigenvalue weighted by molar-refractivity contribution is 6.99. The average molecular weight is 739 g/mol. The van der Waals surface area contributed by atoms with Crippen LogP contribution < -0.4 is 30.9 Å². The number of ether oxygens (including phenoxy) is 1.